The highest BCUT2D eigenvalue weighted by atomic mass is 127. The Balaban J connectivity index is 0.00000364. The molecule has 0 amide bonds. The highest BCUT2D eigenvalue weighted by Crippen LogP contribution is 2.06. The van der Waals surface area contributed by atoms with E-state index in [1.54, 1.807) is 18.5 Å². The summed E-state index contributed by atoms with van der Waals surface area (Å²) in [6, 6.07) is 6.90. The van der Waals surface area contributed by atoms with Crippen molar-refractivity contribution in [1.82, 2.24) is 25.0 Å². The molecule has 1 unspecified atom stereocenters. The first-order valence-corrected chi connectivity index (χ1v) is 9.16. The summed E-state index contributed by atoms with van der Waals surface area (Å²) in [5.74, 6) is 1.59. The maximum atomic E-state index is 13.1. The zero-order chi connectivity index (χ0) is 18.9. The van der Waals surface area contributed by atoms with Crippen LogP contribution in [-0.2, 0) is 19.5 Å². The molecule has 0 saturated carbocycles. The molecule has 0 aliphatic heterocycles. The van der Waals surface area contributed by atoms with Crippen LogP contribution < -0.4 is 5.32 Å². The average molecular weight is 488 g/mol. The van der Waals surface area contributed by atoms with Crippen LogP contribution in [0.4, 0.5) is 4.39 Å². The Kier molecular flexibility index (Phi) is 10.3. The van der Waals surface area contributed by atoms with E-state index in [9.17, 15) is 4.39 Å². The molecule has 0 fully saturated rings. The van der Waals surface area contributed by atoms with E-state index in [1.165, 1.54) is 12.1 Å². The average Bonchev–Trinajstić information content (AvgIpc) is 3.10. The topological polar surface area (TPSA) is 58.3 Å². The third-order valence-electron chi connectivity index (χ3n) is 4.30. The van der Waals surface area contributed by atoms with Gasteiger partial charge in [-0.3, -0.25) is 4.99 Å². The minimum absolute atomic E-state index is 0. The molecule has 1 aromatic heterocycles. The fourth-order valence-corrected chi connectivity index (χ4v) is 2.54. The molecule has 0 saturated heterocycles. The van der Waals surface area contributed by atoms with Gasteiger partial charge >= 0.3 is 0 Å². The summed E-state index contributed by atoms with van der Waals surface area (Å²) < 4.78 is 15.1. The van der Waals surface area contributed by atoms with Gasteiger partial charge in [0, 0.05) is 32.6 Å². The molecule has 0 radical (unpaired) electrons. The highest BCUT2D eigenvalue weighted by molar-refractivity contribution is 14.0. The van der Waals surface area contributed by atoms with Gasteiger partial charge in [0.1, 0.15) is 18.0 Å². The molecule has 2 rings (SSSR count). The number of guanidine groups is 1. The van der Waals surface area contributed by atoms with Crippen molar-refractivity contribution in [3.8, 4) is 0 Å². The van der Waals surface area contributed by atoms with E-state index in [1.807, 2.05) is 11.6 Å². The van der Waals surface area contributed by atoms with Crippen molar-refractivity contribution >= 4 is 29.9 Å². The van der Waals surface area contributed by atoms with Crippen LogP contribution in [0, 0.1) is 5.82 Å². The first-order chi connectivity index (χ1) is 12.5. The number of halogens is 2. The van der Waals surface area contributed by atoms with Gasteiger partial charge in [-0.25, -0.2) is 4.39 Å². The van der Waals surface area contributed by atoms with Crippen LogP contribution >= 0.6 is 24.0 Å². The summed E-state index contributed by atoms with van der Waals surface area (Å²) in [6.07, 6.45) is 3.61. The lowest BCUT2D eigenvalue weighted by molar-refractivity contribution is 0.457. The fraction of sp³-hybridized carbons (Fsp3) is 0.526. The van der Waals surface area contributed by atoms with E-state index in [4.69, 9.17) is 4.99 Å². The molecule has 0 aliphatic carbocycles. The number of aliphatic imine (C=N–C) groups is 1. The Morgan fingerprint density at radius 3 is 2.63 bits per heavy atom. The Morgan fingerprint density at radius 2 is 2.00 bits per heavy atom. The smallest absolute Gasteiger partial charge is 0.194 e. The van der Waals surface area contributed by atoms with Gasteiger partial charge in [-0.15, -0.1) is 34.2 Å². The molecule has 1 atom stereocenters. The first-order valence-electron chi connectivity index (χ1n) is 9.16. The van der Waals surface area contributed by atoms with Crippen LogP contribution in [0.2, 0.25) is 0 Å². The van der Waals surface area contributed by atoms with E-state index in [-0.39, 0.29) is 29.8 Å². The number of hydrogen-bond donors (Lipinski definition) is 1. The maximum Gasteiger partial charge on any atom is 0.194 e. The molecule has 1 N–H and O–H groups in total. The van der Waals surface area contributed by atoms with Crippen LogP contribution in [0.5, 0.6) is 0 Å². The van der Waals surface area contributed by atoms with Gasteiger partial charge in [0.15, 0.2) is 5.96 Å². The molecule has 6 nitrogen and oxygen atoms in total. The summed E-state index contributed by atoms with van der Waals surface area (Å²) in [4.78, 5) is 6.82. The molecule has 0 aliphatic rings. The lowest BCUT2D eigenvalue weighted by Gasteiger charge is -2.25. The number of hydrogen-bond acceptors (Lipinski definition) is 3. The molecule has 27 heavy (non-hydrogen) atoms. The number of rotatable bonds is 8. The second-order valence-electron chi connectivity index (χ2n) is 6.44. The fourth-order valence-electron chi connectivity index (χ4n) is 2.54. The normalized spacial score (nSPS) is 12.4. The molecule has 0 bridgehead atoms. The lowest BCUT2D eigenvalue weighted by Crippen LogP contribution is -2.43. The zero-order valence-electron chi connectivity index (χ0n) is 16.5. The Bertz CT molecular complexity index is 700. The third kappa shape index (κ3) is 7.43. The lowest BCUT2D eigenvalue weighted by atomic mass is 10.2. The van der Waals surface area contributed by atoms with Crippen LogP contribution in [0.3, 0.4) is 0 Å². The van der Waals surface area contributed by atoms with E-state index < -0.39 is 0 Å². The Morgan fingerprint density at radius 1 is 1.30 bits per heavy atom. The van der Waals surface area contributed by atoms with Crippen molar-refractivity contribution in [3.63, 3.8) is 0 Å². The Hall–Kier alpha value is -1.71. The minimum Gasteiger partial charge on any atom is -0.354 e. The molecule has 8 heteroatoms. The standard InChI is InChI=1S/C19H29FN6.HI/c1-5-15(3)23-19(21-11-12-26-14-22-24-18(26)6-2)25(4)13-16-7-9-17(20)10-8-16;/h7-10,14-15H,5-6,11-13H2,1-4H3,(H,21,23);1H. The highest BCUT2D eigenvalue weighted by Gasteiger charge is 2.10. The van der Waals surface area contributed by atoms with Crippen molar-refractivity contribution in [2.24, 2.45) is 4.99 Å². The predicted octanol–water partition coefficient (Wildman–Crippen LogP) is 3.47. The van der Waals surface area contributed by atoms with E-state index in [0.717, 1.165) is 36.7 Å². The molecule has 2 aromatic rings. The minimum atomic E-state index is -0.219. The number of nitrogens with zero attached hydrogens (tertiary/aromatic N) is 5. The number of aromatic nitrogens is 3. The van der Waals surface area contributed by atoms with Crippen LogP contribution in [0.1, 0.15) is 38.6 Å². The molecule has 0 spiro atoms. The van der Waals surface area contributed by atoms with Crippen LogP contribution in [-0.4, -0.2) is 45.3 Å². The third-order valence-corrected chi connectivity index (χ3v) is 4.30. The largest absolute Gasteiger partial charge is 0.354 e. The van der Waals surface area contributed by atoms with Gasteiger partial charge < -0.3 is 14.8 Å². The van der Waals surface area contributed by atoms with Crippen LogP contribution in [0.25, 0.3) is 0 Å². The maximum absolute atomic E-state index is 13.1. The summed E-state index contributed by atoms with van der Waals surface area (Å²) in [6.45, 7) is 8.38. The van der Waals surface area contributed by atoms with E-state index >= 15 is 0 Å². The summed E-state index contributed by atoms with van der Waals surface area (Å²) in [7, 11) is 1.99. The second-order valence-corrected chi connectivity index (χ2v) is 6.44. The van der Waals surface area contributed by atoms with Gasteiger partial charge in [0.05, 0.1) is 6.54 Å². The summed E-state index contributed by atoms with van der Waals surface area (Å²) >= 11 is 0. The summed E-state index contributed by atoms with van der Waals surface area (Å²) in [5.41, 5.74) is 1.04. The number of aryl methyl sites for hydroxylation is 1. The second kappa shape index (κ2) is 11.9. The first kappa shape index (κ1) is 23.3. The number of benzene rings is 1. The van der Waals surface area contributed by atoms with Gasteiger partial charge in [0.25, 0.3) is 0 Å². The SMILES string of the molecule is CCc1nncn1CCN=C(NC(C)CC)N(C)Cc1ccc(F)cc1.I. The zero-order valence-corrected chi connectivity index (χ0v) is 18.9. The van der Waals surface area contributed by atoms with E-state index in [0.29, 0.717) is 19.1 Å². The van der Waals surface area contributed by atoms with Crippen molar-refractivity contribution < 1.29 is 4.39 Å². The predicted molar refractivity (Wildman–Crippen MR) is 118 cm³/mol. The monoisotopic (exact) mass is 488 g/mol. The van der Waals surface area contributed by atoms with Crippen molar-refractivity contribution in [2.45, 2.75) is 52.7 Å². The van der Waals surface area contributed by atoms with Gasteiger partial charge in [-0.2, -0.15) is 0 Å². The molecular formula is C19H30FIN6. The van der Waals surface area contributed by atoms with Crippen molar-refractivity contribution in [3.05, 3.63) is 47.8 Å². The van der Waals surface area contributed by atoms with Crippen molar-refractivity contribution in [2.75, 3.05) is 13.6 Å². The molecule has 1 heterocycles. The Labute approximate surface area is 178 Å². The molecular weight excluding hydrogens is 458 g/mol. The van der Waals surface area contributed by atoms with Crippen molar-refractivity contribution in [1.29, 1.82) is 0 Å². The van der Waals surface area contributed by atoms with E-state index in [2.05, 4.69) is 41.2 Å². The quantitative estimate of drug-likeness (QED) is 0.351. The number of nitrogens with one attached hydrogen (secondary N) is 1. The molecule has 150 valence electrons. The molecule has 1 aromatic carbocycles. The van der Waals surface area contributed by atoms with Crippen LogP contribution in [0.15, 0.2) is 35.6 Å². The van der Waals surface area contributed by atoms with Gasteiger partial charge in [-0.1, -0.05) is 26.0 Å². The van der Waals surface area contributed by atoms with Gasteiger partial charge in [0.2, 0.25) is 0 Å². The summed E-state index contributed by atoms with van der Waals surface area (Å²) in [5, 5.41) is 11.5. The van der Waals surface area contributed by atoms with Gasteiger partial charge in [-0.05, 0) is 31.0 Å².